The molecule has 94 valence electrons. The first kappa shape index (κ1) is 12.5. The number of rotatable bonds is 4. The topological polar surface area (TPSA) is 47.3 Å². The summed E-state index contributed by atoms with van der Waals surface area (Å²) >= 11 is 0. The average molecular weight is 238 g/mol. The Hall–Kier alpha value is -0.970. The lowest BCUT2D eigenvalue weighted by Gasteiger charge is -2.21. The largest absolute Gasteiger partial charge is 0.381 e. The van der Waals surface area contributed by atoms with Crippen LogP contribution in [0.25, 0.3) is 0 Å². The van der Waals surface area contributed by atoms with Gasteiger partial charge in [0, 0.05) is 19.3 Å². The van der Waals surface area contributed by atoms with Crippen LogP contribution in [0.4, 0.5) is 4.39 Å². The maximum Gasteiger partial charge on any atom is 0.123 e. The summed E-state index contributed by atoms with van der Waals surface area (Å²) in [5.74, 6) is 5.89. The first-order valence-corrected chi connectivity index (χ1v) is 6.00. The molecule has 0 radical (unpaired) electrons. The molecule has 0 aromatic heterocycles. The lowest BCUT2D eigenvalue weighted by molar-refractivity contribution is 0.181. The molecule has 3 nitrogen and oxygen atoms in total. The molecule has 0 saturated carbocycles. The number of aryl methyl sites for hydroxylation is 1. The van der Waals surface area contributed by atoms with Crippen LogP contribution in [-0.2, 0) is 4.74 Å². The molecule has 0 spiro atoms. The van der Waals surface area contributed by atoms with Gasteiger partial charge in [-0.3, -0.25) is 11.3 Å². The number of hydrogen-bond acceptors (Lipinski definition) is 3. The third-order valence-corrected chi connectivity index (χ3v) is 3.41. The van der Waals surface area contributed by atoms with Crippen molar-refractivity contribution in [3.8, 4) is 0 Å². The quantitative estimate of drug-likeness (QED) is 0.623. The zero-order chi connectivity index (χ0) is 12.3. The van der Waals surface area contributed by atoms with E-state index in [1.165, 1.54) is 6.07 Å². The highest BCUT2D eigenvalue weighted by Gasteiger charge is 2.22. The molecule has 1 aliphatic heterocycles. The van der Waals surface area contributed by atoms with Crippen molar-refractivity contribution in [2.24, 2.45) is 11.8 Å². The fourth-order valence-electron chi connectivity index (χ4n) is 2.37. The third kappa shape index (κ3) is 3.03. The maximum absolute atomic E-state index is 13.3. The normalized spacial score (nSPS) is 21.7. The van der Waals surface area contributed by atoms with E-state index in [0.29, 0.717) is 5.92 Å². The summed E-state index contributed by atoms with van der Waals surface area (Å²) in [7, 11) is 0. The fourth-order valence-corrected chi connectivity index (χ4v) is 2.37. The van der Waals surface area contributed by atoms with Gasteiger partial charge in [-0.05, 0) is 48.9 Å². The smallest absolute Gasteiger partial charge is 0.123 e. The molecule has 1 saturated heterocycles. The minimum absolute atomic E-state index is 0.00241. The van der Waals surface area contributed by atoms with Crippen molar-refractivity contribution < 1.29 is 9.13 Å². The zero-order valence-corrected chi connectivity index (χ0v) is 10.1. The van der Waals surface area contributed by atoms with Crippen LogP contribution < -0.4 is 11.3 Å². The van der Waals surface area contributed by atoms with Crippen LogP contribution in [-0.4, -0.2) is 13.2 Å². The number of ether oxygens (including phenoxy) is 1. The number of hydrazine groups is 1. The molecule has 1 aromatic carbocycles. The predicted octanol–water partition coefficient (Wildman–Crippen LogP) is 2.07. The first-order chi connectivity index (χ1) is 8.20. The van der Waals surface area contributed by atoms with E-state index >= 15 is 0 Å². The molecule has 2 rings (SSSR count). The molecule has 1 heterocycles. The van der Waals surface area contributed by atoms with Crippen LogP contribution in [0.1, 0.15) is 30.0 Å². The number of benzene rings is 1. The lowest BCUT2D eigenvalue weighted by atomic mass is 9.92. The summed E-state index contributed by atoms with van der Waals surface area (Å²) in [6.07, 6.45) is 1.95. The Balaban J connectivity index is 2.13. The van der Waals surface area contributed by atoms with E-state index in [4.69, 9.17) is 10.6 Å². The monoisotopic (exact) mass is 238 g/mol. The summed E-state index contributed by atoms with van der Waals surface area (Å²) in [6.45, 7) is 3.58. The number of hydrogen-bond donors (Lipinski definition) is 2. The van der Waals surface area contributed by atoms with E-state index in [0.717, 1.165) is 37.2 Å². The summed E-state index contributed by atoms with van der Waals surface area (Å²) in [5, 5.41) is 0. The molecule has 1 fully saturated rings. The van der Waals surface area contributed by atoms with Gasteiger partial charge in [0.2, 0.25) is 0 Å². The van der Waals surface area contributed by atoms with Crippen LogP contribution in [0.5, 0.6) is 0 Å². The summed E-state index contributed by atoms with van der Waals surface area (Å²) in [6, 6.07) is 4.83. The van der Waals surface area contributed by atoms with Crippen LogP contribution in [0.15, 0.2) is 18.2 Å². The molecule has 2 atom stereocenters. The molecule has 0 bridgehead atoms. The van der Waals surface area contributed by atoms with E-state index < -0.39 is 0 Å². The molecule has 2 unspecified atom stereocenters. The maximum atomic E-state index is 13.3. The molecule has 1 aromatic rings. The van der Waals surface area contributed by atoms with Crippen molar-refractivity contribution in [1.29, 1.82) is 0 Å². The molecule has 1 aliphatic rings. The molecule has 17 heavy (non-hydrogen) atoms. The second-order valence-corrected chi connectivity index (χ2v) is 4.69. The predicted molar refractivity (Wildman–Crippen MR) is 64.7 cm³/mol. The summed E-state index contributed by atoms with van der Waals surface area (Å²) < 4.78 is 18.6. The Morgan fingerprint density at radius 1 is 1.59 bits per heavy atom. The van der Waals surface area contributed by atoms with E-state index in [-0.39, 0.29) is 11.9 Å². The van der Waals surface area contributed by atoms with Crippen LogP contribution in [0.2, 0.25) is 0 Å². The number of halogens is 1. The second-order valence-electron chi connectivity index (χ2n) is 4.69. The summed E-state index contributed by atoms with van der Waals surface area (Å²) in [4.78, 5) is 0. The van der Waals surface area contributed by atoms with Crippen molar-refractivity contribution in [2.75, 3.05) is 13.2 Å². The zero-order valence-electron chi connectivity index (χ0n) is 10.1. The van der Waals surface area contributed by atoms with Crippen molar-refractivity contribution in [3.05, 3.63) is 35.1 Å². The third-order valence-electron chi connectivity index (χ3n) is 3.41. The van der Waals surface area contributed by atoms with E-state index in [1.54, 1.807) is 12.1 Å². The van der Waals surface area contributed by atoms with Gasteiger partial charge in [-0.15, -0.1) is 0 Å². The molecule has 3 N–H and O–H groups in total. The Bertz CT molecular complexity index is 378. The van der Waals surface area contributed by atoms with Crippen molar-refractivity contribution in [2.45, 2.75) is 25.8 Å². The van der Waals surface area contributed by atoms with Gasteiger partial charge in [0.1, 0.15) is 5.82 Å². The van der Waals surface area contributed by atoms with Crippen molar-refractivity contribution in [1.82, 2.24) is 5.43 Å². The van der Waals surface area contributed by atoms with Crippen molar-refractivity contribution in [3.63, 3.8) is 0 Å². The van der Waals surface area contributed by atoms with E-state index in [9.17, 15) is 4.39 Å². The van der Waals surface area contributed by atoms with E-state index in [1.807, 2.05) is 6.92 Å². The molecule has 4 heteroatoms. The van der Waals surface area contributed by atoms with Crippen LogP contribution >= 0.6 is 0 Å². The molecule has 0 aliphatic carbocycles. The first-order valence-electron chi connectivity index (χ1n) is 6.00. The minimum Gasteiger partial charge on any atom is -0.381 e. The van der Waals surface area contributed by atoms with Gasteiger partial charge in [-0.25, -0.2) is 4.39 Å². The fraction of sp³-hybridized carbons (Fsp3) is 0.538. The summed E-state index contributed by atoms with van der Waals surface area (Å²) in [5.41, 5.74) is 4.80. The SMILES string of the molecule is Cc1ccc(F)cc1C(CC1CCOC1)NN. The Morgan fingerprint density at radius 3 is 3.06 bits per heavy atom. The highest BCUT2D eigenvalue weighted by atomic mass is 19.1. The van der Waals surface area contributed by atoms with Crippen molar-refractivity contribution >= 4 is 0 Å². The number of nitrogens with two attached hydrogens (primary N) is 1. The second kappa shape index (κ2) is 5.58. The van der Waals surface area contributed by atoms with Gasteiger partial charge in [0.05, 0.1) is 0 Å². The van der Waals surface area contributed by atoms with Gasteiger partial charge in [-0.1, -0.05) is 6.07 Å². The molecular formula is C13H19FN2O. The highest BCUT2D eigenvalue weighted by molar-refractivity contribution is 5.29. The van der Waals surface area contributed by atoms with Gasteiger partial charge >= 0.3 is 0 Å². The average Bonchev–Trinajstić information content (AvgIpc) is 2.82. The van der Waals surface area contributed by atoms with Gasteiger partial charge in [0.25, 0.3) is 0 Å². The lowest BCUT2D eigenvalue weighted by Crippen LogP contribution is -2.30. The van der Waals surface area contributed by atoms with Crippen LogP contribution in [0.3, 0.4) is 0 Å². The molecular weight excluding hydrogens is 219 g/mol. The standard InChI is InChI=1S/C13H19FN2O/c1-9-2-3-11(14)7-12(9)13(16-15)6-10-4-5-17-8-10/h2-3,7,10,13,16H,4-6,8,15H2,1H3. The highest BCUT2D eigenvalue weighted by Crippen LogP contribution is 2.28. The van der Waals surface area contributed by atoms with Gasteiger partial charge < -0.3 is 4.74 Å². The van der Waals surface area contributed by atoms with Gasteiger partial charge in [-0.2, -0.15) is 0 Å². The Kier molecular flexibility index (Phi) is 4.10. The minimum atomic E-state index is -0.214. The molecule has 0 amide bonds. The Labute approximate surface area is 101 Å². The van der Waals surface area contributed by atoms with Gasteiger partial charge in [0.15, 0.2) is 0 Å². The Morgan fingerprint density at radius 2 is 2.41 bits per heavy atom. The van der Waals surface area contributed by atoms with Crippen LogP contribution in [0, 0.1) is 18.7 Å². The van der Waals surface area contributed by atoms with E-state index in [2.05, 4.69) is 5.43 Å². The number of nitrogens with one attached hydrogen (secondary N) is 1.